The van der Waals surface area contributed by atoms with Crippen molar-refractivity contribution in [1.82, 2.24) is 21.3 Å². The van der Waals surface area contributed by atoms with Gasteiger partial charge in [0.2, 0.25) is 29.5 Å². The molecule has 17 heteroatoms. The monoisotopic (exact) mass is 634 g/mol. The quantitative estimate of drug-likeness (QED) is 0.108. The maximum atomic E-state index is 13.4. The molecule has 0 bridgehead atoms. The molecule has 0 fully saturated rings. The van der Waals surface area contributed by atoms with Crippen LogP contribution in [-0.4, -0.2) is 76.3 Å². The van der Waals surface area contributed by atoms with E-state index in [1.54, 1.807) is 44.2 Å². The largest absolute Gasteiger partial charge is 0.416 e. The fourth-order valence-electron chi connectivity index (χ4n) is 3.93. The van der Waals surface area contributed by atoms with Gasteiger partial charge in [-0.15, -0.1) is 0 Å². The summed E-state index contributed by atoms with van der Waals surface area (Å²) in [5, 5.41) is 18.1. The Kier molecular flexibility index (Phi) is 15.0. The highest BCUT2D eigenvalue weighted by atomic mass is 32.1. The number of rotatable bonds is 17. The molecule has 0 spiro atoms. The van der Waals surface area contributed by atoms with Gasteiger partial charge in [-0.3, -0.25) is 28.8 Å². The van der Waals surface area contributed by atoms with Gasteiger partial charge in [0.1, 0.15) is 18.1 Å². The molecule has 1 aromatic carbocycles. The molecule has 0 radical (unpaired) electrons. The predicted octanol–water partition coefficient (Wildman–Crippen LogP) is -0.198. The number of thiol groups is 1. The Morgan fingerprint density at radius 1 is 0.814 bits per heavy atom. The average molecular weight is 635 g/mol. The first-order valence-electron chi connectivity index (χ1n) is 13.2. The van der Waals surface area contributed by atoms with Gasteiger partial charge in [-0.1, -0.05) is 56.8 Å². The second kappa shape index (κ2) is 17.3. The number of primary amides is 2. The van der Waals surface area contributed by atoms with Crippen LogP contribution in [-0.2, 0) is 30.4 Å². The normalized spacial score (nSPS) is 14.9. The zero-order valence-electron chi connectivity index (χ0n) is 23.5. The molecule has 0 saturated heterocycles. The summed E-state index contributed by atoms with van der Waals surface area (Å²) >= 11 is 3.63. The first kappa shape index (κ1) is 37.2. The van der Waals surface area contributed by atoms with Crippen molar-refractivity contribution in [2.75, 3.05) is 0 Å². The van der Waals surface area contributed by atoms with Gasteiger partial charge in [-0.2, -0.15) is 13.2 Å². The zero-order valence-corrected chi connectivity index (χ0v) is 24.4. The van der Waals surface area contributed by atoms with Crippen molar-refractivity contribution in [3.8, 4) is 0 Å². The maximum absolute atomic E-state index is 13.4. The summed E-state index contributed by atoms with van der Waals surface area (Å²) in [6, 6.07) is 2.23. The lowest BCUT2D eigenvalue weighted by atomic mass is 10.00. The molecule has 240 valence electrons. The Morgan fingerprint density at radius 3 is 1.81 bits per heavy atom. The number of amides is 6. The highest BCUT2D eigenvalue weighted by molar-refractivity contribution is 7.96. The smallest absolute Gasteiger partial charge is 0.382 e. The Hall–Kier alpha value is -3.86. The SMILES string of the molecule is CC(C)[C@H](NC(=O)S)C(=O)N[C@@H](Cc1ccccc1)C(=O)N[C@@H](CCC(N)=O)C(=O)NC(CCC(N)=O)C(O)C(F)(F)F. The van der Waals surface area contributed by atoms with E-state index in [4.69, 9.17) is 11.5 Å². The fraction of sp³-hybridized carbons (Fsp3) is 0.538. The van der Waals surface area contributed by atoms with Crippen LogP contribution >= 0.6 is 12.6 Å². The van der Waals surface area contributed by atoms with E-state index in [0.717, 1.165) is 0 Å². The van der Waals surface area contributed by atoms with Gasteiger partial charge in [0.25, 0.3) is 5.24 Å². The number of carbonyl (C=O) groups excluding carboxylic acids is 6. The summed E-state index contributed by atoms with van der Waals surface area (Å²) in [6.45, 7) is 3.27. The summed E-state index contributed by atoms with van der Waals surface area (Å²) in [5.41, 5.74) is 10.8. The van der Waals surface area contributed by atoms with Crippen LogP contribution in [0.25, 0.3) is 0 Å². The molecule has 43 heavy (non-hydrogen) atoms. The molecule has 5 atom stereocenters. The first-order chi connectivity index (χ1) is 19.9. The third-order valence-electron chi connectivity index (χ3n) is 6.20. The third-order valence-corrected chi connectivity index (χ3v) is 6.33. The number of nitrogens with one attached hydrogen (secondary N) is 4. The van der Waals surface area contributed by atoms with Gasteiger partial charge >= 0.3 is 6.18 Å². The molecule has 0 aliphatic rings. The average Bonchev–Trinajstić information content (AvgIpc) is 2.90. The summed E-state index contributed by atoms with van der Waals surface area (Å²) in [7, 11) is 0. The van der Waals surface area contributed by atoms with E-state index in [0.29, 0.717) is 5.56 Å². The summed E-state index contributed by atoms with van der Waals surface area (Å²) in [6.07, 6.45) is -10.6. The summed E-state index contributed by atoms with van der Waals surface area (Å²) < 4.78 is 39.8. The highest BCUT2D eigenvalue weighted by Crippen LogP contribution is 2.24. The second-order valence-electron chi connectivity index (χ2n) is 10.1. The van der Waals surface area contributed by atoms with Crippen LogP contribution in [0, 0.1) is 5.92 Å². The van der Waals surface area contributed by atoms with Crippen molar-refractivity contribution in [2.45, 2.75) is 82.4 Å². The van der Waals surface area contributed by atoms with E-state index in [2.05, 4.69) is 28.6 Å². The van der Waals surface area contributed by atoms with Crippen LogP contribution in [0.15, 0.2) is 30.3 Å². The van der Waals surface area contributed by atoms with E-state index in [1.165, 1.54) is 0 Å². The van der Waals surface area contributed by atoms with Crippen LogP contribution in [0.4, 0.5) is 18.0 Å². The molecule has 6 amide bonds. The molecular formula is C26H37F3N6O7S. The molecular weight excluding hydrogens is 597 g/mol. The van der Waals surface area contributed by atoms with Crippen LogP contribution in [0.1, 0.15) is 45.1 Å². The van der Waals surface area contributed by atoms with Crippen molar-refractivity contribution < 1.29 is 47.0 Å². The Labute approximate surface area is 251 Å². The number of aliphatic hydroxyl groups excluding tert-OH is 1. The molecule has 1 rings (SSSR count). The maximum Gasteiger partial charge on any atom is 0.416 e. The van der Waals surface area contributed by atoms with Crippen LogP contribution in [0.3, 0.4) is 0 Å². The topological polar surface area (TPSA) is 223 Å². The van der Waals surface area contributed by atoms with E-state index >= 15 is 0 Å². The molecule has 0 aliphatic heterocycles. The first-order valence-corrected chi connectivity index (χ1v) is 13.6. The molecule has 0 saturated carbocycles. The van der Waals surface area contributed by atoms with E-state index in [1.807, 2.05) is 5.32 Å². The number of halogens is 3. The number of hydrogen-bond acceptors (Lipinski definition) is 7. The molecule has 9 N–H and O–H groups in total. The minimum Gasteiger partial charge on any atom is -0.382 e. The molecule has 1 aromatic rings. The highest BCUT2D eigenvalue weighted by Gasteiger charge is 2.44. The lowest BCUT2D eigenvalue weighted by Gasteiger charge is -2.29. The van der Waals surface area contributed by atoms with Gasteiger partial charge in [0, 0.05) is 19.3 Å². The number of benzene rings is 1. The van der Waals surface area contributed by atoms with Gasteiger partial charge in [0.05, 0.1) is 6.04 Å². The van der Waals surface area contributed by atoms with Crippen molar-refractivity contribution >= 4 is 47.4 Å². The van der Waals surface area contributed by atoms with E-state index < -0.39 is 103 Å². The summed E-state index contributed by atoms with van der Waals surface area (Å²) in [4.78, 5) is 73.7. The number of carbonyl (C=O) groups is 6. The van der Waals surface area contributed by atoms with Gasteiger partial charge in [-0.05, 0) is 24.3 Å². The van der Waals surface area contributed by atoms with E-state index in [-0.39, 0.29) is 6.42 Å². The van der Waals surface area contributed by atoms with Crippen molar-refractivity contribution in [3.63, 3.8) is 0 Å². The van der Waals surface area contributed by atoms with Gasteiger partial charge in [-0.25, -0.2) is 0 Å². The minimum absolute atomic E-state index is 0.101. The van der Waals surface area contributed by atoms with Gasteiger partial charge < -0.3 is 37.8 Å². The number of alkyl halides is 3. The molecule has 2 unspecified atom stereocenters. The van der Waals surface area contributed by atoms with Gasteiger partial charge in [0.15, 0.2) is 6.10 Å². The summed E-state index contributed by atoms with van der Waals surface area (Å²) in [5.74, 6) is -5.23. The zero-order chi connectivity index (χ0) is 32.9. The molecule has 0 heterocycles. The van der Waals surface area contributed by atoms with E-state index in [9.17, 15) is 47.0 Å². The Bertz CT molecular complexity index is 1140. The lowest BCUT2D eigenvalue weighted by Crippen LogP contribution is -2.59. The molecule has 13 nitrogen and oxygen atoms in total. The van der Waals surface area contributed by atoms with Crippen LogP contribution in [0.2, 0.25) is 0 Å². The van der Waals surface area contributed by atoms with Crippen LogP contribution in [0.5, 0.6) is 0 Å². The Morgan fingerprint density at radius 2 is 1.33 bits per heavy atom. The fourth-order valence-corrected chi connectivity index (χ4v) is 4.07. The molecule has 0 aliphatic carbocycles. The van der Waals surface area contributed by atoms with Crippen molar-refractivity contribution in [3.05, 3.63) is 35.9 Å². The Balaban J connectivity index is 3.31. The predicted molar refractivity (Wildman–Crippen MR) is 151 cm³/mol. The second-order valence-corrected chi connectivity index (χ2v) is 10.5. The molecule has 0 aromatic heterocycles. The third kappa shape index (κ3) is 13.8. The standard InChI is InChI=1S/C26H37F3N6O7S/c1-13(2)20(35-25(42)43)24(41)34-17(12-14-6-4-3-5-7-14)23(40)33-16(9-11-19(31)37)22(39)32-15(8-10-18(30)36)21(38)26(27,28)29/h3-7,13,15-17,20-21,38H,8-12H2,1-2H3,(H2,30,36)(H2,31,37)(H,32,39)(H,33,40)(H,34,41)(H2,35,42,43)/t15?,16-,17-,20-,21?/m0/s1. The number of aliphatic hydroxyl groups is 1. The number of hydrogen-bond donors (Lipinski definition) is 8. The minimum atomic E-state index is -5.18. The lowest BCUT2D eigenvalue weighted by molar-refractivity contribution is -0.212. The van der Waals surface area contributed by atoms with Crippen molar-refractivity contribution in [2.24, 2.45) is 17.4 Å². The van der Waals surface area contributed by atoms with Crippen molar-refractivity contribution in [1.29, 1.82) is 0 Å². The van der Waals surface area contributed by atoms with Crippen LogP contribution < -0.4 is 32.7 Å². The number of nitrogens with two attached hydrogens (primary N) is 2.